The molecule has 3 aromatic carbocycles. The van der Waals surface area contributed by atoms with Gasteiger partial charge in [-0.2, -0.15) is 4.31 Å². The second-order valence-electron chi connectivity index (χ2n) is 8.86. The molecule has 186 valence electrons. The Morgan fingerprint density at radius 2 is 1.75 bits per heavy atom. The van der Waals surface area contributed by atoms with Gasteiger partial charge in [0, 0.05) is 29.9 Å². The van der Waals surface area contributed by atoms with E-state index in [1.54, 1.807) is 12.1 Å². The number of morpholine rings is 1. The molecule has 5 rings (SSSR count). The lowest BCUT2D eigenvalue weighted by atomic mass is 10.1. The van der Waals surface area contributed by atoms with Crippen molar-refractivity contribution < 1.29 is 17.9 Å². The standard InChI is InChI=1S/C26H25ClN4O4S/c1-16-14-31(15-17(2)35-16)36(33,34)24-13-19(9-12-21(24)27)26(32)28-20-10-7-18(8-11-20)25-29-22-5-3-4-6-23(22)30-25/h3-13,16-17H,14-15H2,1-2H3,(H,28,32)(H,29,30). The molecule has 1 aliphatic rings. The Bertz CT molecular complexity index is 1490. The fourth-order valence-electron chi connectivity index (χ4n) is 4.31. The van der Waals surface area contributed by atoms with Gasteiger partial charge in [0.15, 0.2) is 0 Å². The van der Waals surface area contributed by atoms with Crippen LogP contribution in [0.15, 0.2) is 71.6 Å². The summed E-state index contributed by atoms with van der Waals surface area (Å²) >= 11 is 6.26. The number of amides is 1. The maximum atomic E-state index is 13.3. The Labute approximate surface area is 214 Å². The minimum atomic E-state index is -3.90. The van der Waals surface area contributed by atoms with Crippen LogP contribution >= 0.6 is 11.6 Å². The van der Waals surface area contributed by atoms with E-state index in [4.69, 9.17) is 16.3 Å². The number of H-pyrrole nitrogens is 1. The smallest absolute Gasteiger partial charge is 0.255 e. The average Bonchev–Trinajstić information content (AvgIpc) is 3.28. The van der Waals surface area contributed by atoms with Gasteiger partial charge >= 0.3 is 0 Å². The van der Waals surface area contributed by atoms with Gasteiger partial charge < -0.3 is 15.0 Å². The van der Waals surface area contributed by atoms with Crippen molar-refractivity contribution in [3.63, 3.8) is 0 Å². The number of imidazole rings is 1. The third kappa shape index (κ3) is 4.87. The molecule has 1 saturated heterocycles. The zero-order valence-electron chi connectivity index (χ0n) is 19.7. The number of halogens is 1. The van der Waals surface area contributed by atoms with E-state index in [0.717, 1.165) is 22.4 Å². The van der Waals surface area contributed by atoms with Gasteiger partial charge in [-0.15, -0.1) is 0 Å². The number of carbonyl (C=O) groups excluding carboxylic acids is 1. The van der Waals surface area contributed by atoms with Crippen LogP contribution in [-0.4, -0.2) is 53.9 Å². The van der Waals surface area contributed by atoms with E-state index in [1.807, 2.05) is 50.2 Å². The summed E-state index contributed by atoms with van der Waals surface area (Å²) in [6.07, 6.45) is -0.479. The number of benzene rings is 3. The number of anilines is 1. The Kier molecular flexibility index (Phi) is 6.57. The SMILES string of the molecule is CC1CN(S(=O)(=O)c2cc(C(=O)Nc3ccc(-c4nc5ccccc5[nH]4)cc3)ccc2Cl)CC(C)O1. The third-order valence-corrected chi connectivity index (χ3v) is 8.32. The molecule has 2 atom stereocenters. The highest BCUT2D eigenvalue weighted by molar-refractivity contribution is 7.89. The Balaban J connectivity index is 1.34. The molecule has 2 unspecified atom stereocenters. The Morgan fingerprint density at radius 3 is 2.44 bits per heavy atom. The number of aromatic amines is 1. The van der Waals surface area contributed by atoms with Crippen LogP contribution in [0.25, 0.3) is 22.4 Å². The predicted molar refractivity (Wildman–Crippen MR) is 140 cm³/mol. The summed E-state index contributed by atoms with van der Waals surface area (Å²) in [7, 11) is -3.90. The normalized spacial score (nSPS) is 18.9. The predicted octanol–water partition coefficient (Wildman–Crippen LogP) is 4.93. The summed E-state index contributed by atoms with van der Waals surface area (Å²) in [5.41, 5.74) is 3.44. The molecular formula is C26H25ClN4O4S. The van der Waals surface area contributed by atoms with Gasteiger partial charge in [-0.3, -0.25) is 4.79 Å². The molecule has 0 bridgehead atoms. The fraction of sp³-hybridized carbons (Fsp3) is 0.231. The van der Waals surface area contributed by atoms with E-state index < -0.39 is 15.9 Å². The molecule has 1 amide bonds. The van der Waals surface area contributed by atoms with Crippen LogP contribution in [0.5, 0.6) is 0 Å². The van der Waals surface area contributed by atoms with Crippen LogP contribution < -0.4 is 5.32 Å². The van der Waals surface area contributed by atoms with E-state index in [0.29, 0.717) is 5.69 Å². The van der Waals surface area contributed by atoms with Gasteiger partial charge in [0.25, 0.3) is 5.91 Å². The number of hydrogen-bond donors (Lipinski definition) is 2. The summed E-state index contributed by atoms with van der Waals surface area (Å²) in [5.74, 6) is 0.289. The zero-order chi connectivity index (χ0) is 25.4. The number of rotatable bonds is 5. The van der Waals surface area contributed by atoms with Gasteiger partial charge in [0.05, 0.1) is 28.3 Å². The second-order valence-corrected chi connectivity index (χ2v) is 11.2. The lowest BCUT2D eigenvalue weighted by molar-refractivity contribution is -0.0440. The monoisotopic (exact) mass is 524 g/mol. The molecule has 0 aliphatic carbocycles. The van der Waals surface area contributed by atoms with Crippen molar-refractivity contribution in [2.45, 2.75) is 31.0 Å². The number of nitrogens with one attached hydrogen (secondary N) is 2. The van der Waals surface area contributed by atoms with Crippen molar-refractivity contribution in [3.8, 4) is 11.4 Å². The minimum Gasteiger partial charge on any atom is -0.373 e. The number of fused-ring (bicyclic) bond motifs is 1. The summed E-state index contributed by atoms with van der Waals surface area (Å²) in [6.45, 7) is 4.08. The van der Waals surface area contributed by atoms with Crippen LogP contribution in [0.4, 0.5) is 5.69 Å². The lowest BCUT2D eigenvalue weighted by Crippen LogP contribution is -2.48. The highest BCUT2D eigenvalue weighted by atomic mass is 35.5. The van der Waals surface area contributed by atoms with Crippen molar-refractivity contribution in [2.24, 2.45) is 0 Å². The zero-order valence-corrected chi connectivity index (χ0v) is 21.3. The first-order valence-electron chi connectivity index (χ1n) is 11.5. The maximum absolute atomic E-state index is 13.3. The van der Waals surface area contributed by atoms with Crippen molar-refractivity contribution >= 4 is 44.3 Å². The van der Waals surface area contributed by atoms with Gasteiger partial charge in [-0.25, -0.2) is 13.4 Å². The number of hydrogen-bond acceptors (Lipinski definition) is 5. The van der Waals surface area contributed by atoms with Crippen LogP contribution in [0.3, 0.4) is 0 Å². The summed E-state index contributed by atoms with van der Waals surface area (Å²) in [5, 5.41) is 2.88. The van der Waals surface area contributed by atoms with E-state index in [1.165, 1.54) is 22.5 Å². The number of carbonyl (C=O) groups is 1. The molecule has 4 aromatic rings. The van der Waals surface area contributed by atoms with Crippen molar-refractivity contribution in [1.82, 2.24) is 14.3 Å². The molecule has 0 spiro atoms. The van der Waals surface area contributed by atoms with Crippen LogP contribution in [0.2, 0.25) is 5.02 Å². The number of nitrogens with zero attached hydrogens (tertiary/aromatic N) is 2. The Hall–Kier alpha value is -3.24. The quantitative estimate of drug-likeness (QED) is 0.385. The largest absolute Gasteiger partial charge is 0.373 e. The molecule has 0 radical (unpaired) electrons. The second kappa shape index (κ2) is 9.67. The topological polar surface area (TPSA) is 104 Å². The van der Waals surface area contributed by atoms with Crippen LogP contribution in [-0.2, 0) is 14.8 Å². The highest BCUT2D eigenvalue weighted by Gasteiger charge is 2.33. The van der Waals surface area contributed by atoms with Gasteiger partial charge in [-0.1, -0.05) is 23.7 Å². The minimum absolute atomic E-state index is 0.0635. The fourth-order valence-corrected chi connectivity index (χ4v) is 6.40. The molecule has 0 saturated carbocycles. The summed E-state index contributed by atoms with van der Waals surface area (Å²) in [4.78, 5) is 20.7. The molecule has 1 aliphatic heterocycles. The van der Waals surface area contributed by atoms with Crippen molar-refractivity contribution in [1.29, 1.82) is 0 Å². The van der Waals surface area contributed by atoms with Gasteiger partial charge in [0.1, 0.15) is 10.7 Å². The highest BCUT2D eigenvalue weighted by Crippen LogP contribution is 2.29. The van der Waals surface area contributed by atoms with Gasteiger partial charge in [-0.05, 0) is 68.4 Å². The van der Waals surface area contributed by atoms with Crippen molar-refractivity contribution in [3.05, 3.63) is 77.3 Å². The molecule has 1 fully saturated rings. The molecule has 10 heteroatoms. The lowest BCUT2D eigenvalue weighted by Gasteiger charge is -2.34. The number of sulfonamides is 1. The molecule has 36 heavy (non-hydrogen) atoms. The number of ether oxygens (including phenoxy) is 1. The Morgan fingerprint density at radius 1 is 1.06 bits per heavy atom. The first kappa shape index (κ1) is 24.5. The van der Waals surface area contributed by atoms with E-state index >= 15 is 0 Å². The molecule has 1 aromatic heterocycles. The van der Waals surface area contributed by atoms with Crippen LogP contribution in [0, 0.1) is 0 Å². The maximum Gasteiger partial charge on any atom is 0.255 e. The summed E-state index contributed by atoms with van der Waals surface area (Å²) in [6, 6.07) is 19.3. The number of para-hydroxylation sites is 2. The van der Waals surface area contributed by atoms with Crippen LogP contribution in [0.1, 0.15) is 24.2 Å². The molecule has 8 nitrogen and oxygen atoms in total. The average molecular weight is 525 g/mol. The van der Waals surface area contributed by atoms with Crippen molar-refractivity contribution in [2.75, 3.05) is 18.4 Å². The number of aromatic nitrogens is 2. The molecule has 2 N–H and O–H groups in total. The molecular weight excluding hydrogens is 500 g/mol. The third-order valence-electron chi connectivity index (χ3n) is 6.00. The van der Waals surface area contributed by atoms with E-state index in [2.05, 4.69) is 15.3 Å². The van der Waals surface area contributed by atoms with E-state index in [9.17, 15) is 13.2 Å². The van der Waals surface area contributed by atoms with E-state index in [-0.39, 0.29) is 40.8 Å². The van der Waals surface area contributed by atoms with Gasteiger partial charge in [0.2, 0.25) is 10.0 Å². The first-order chi connectivity index (χ1) is 17.2. The first-order valence-corrected chi connectivity index (χ1v) is 13.3. The summed E-state index contributed by atoms with van der Waals surface area (Å²) < 4.78 is 33.6. The molecule has 2 heterocycles.